The molecule has 81 heavy (non-hydrogen) atoms. The van der Waals surface area contributed by atoms with Gasteiger partial charge in [0.1, 0.15) is 29.0 Å². The summed E-state index contributed by atoms with van der Waals surface area (Å²) in [5.74, 6) is -4.88. The molecule has 1 unspecified atom stereocenters. The molecule has 5 aliphatic heterocycles. The number of halogens is 2. The maximum absolute atomic E-state index is 13.9. The van der Waals surface area contributed by atoms with Crippen LogP contribution in [0.15, 0.2) is 90.8 Å². The zero-order chi connectivity index (χ0) is 57.3. The van der Waals surface area contributed by atoms with Crippen LogP contribution in [0.3, 0.4) is 0 Å². The van der Waals surface area contributed by atoms with Gasteiger partial charge in [0.05, 0.1) is 62.5 Å². The Kier molecular flexibility index (Phi) is 17.8. The van der Waals surface area contributed by atoms with Gasteiger partial charge in [-0.05, 0) is 80.4 Å². The number of thiocarbonyl (C=S) groups is 1. The van der Waals surface area contributed by atoms with E-state index in [9.17, 15) is 48.2 Å². The van der Waals surface area contributed by atoms with Gasteiger partial charge in [-0.3, -0.25) is 29.2 Å². The fourth-order valence-corrected chi connectivity index (χ4v) is 10.4. The van der Waals surface area contributed by atoms with Gasteiger partial charge >= 0.3 is 5.97 Å². The van der Waals surface area contributed by atoms with Crippen LogP contribution in [0.2, 0.25) is 0 Å². The molecule has 4 aromatic carbocycles. The molecule has 4 amide bonds. The molecule has 4 aromatic rings. The van der Waals surface area contributed by atoms with Crippen molar-refractivity contribution in [1.29, 1.82) is 5.26 Å². The largest absolute Gasteiger partial charge is 0.508 e. The highest BCUT2D eigenvalue weighted by Crippen LogP contribution is 2.57. The summed E-state index contributed by atoms with van der Waals surface area (Å²) in [5.41, 5.74) is 7.13. The Bertz CT molecular complexity index is 3160. The van der Waals surface area contributed by atoms with E-state index < -0.39 is 54.9 Å². The number of likely N-dealkylation sites (tertiary alicyclic amines) is 1. The van der Waals surface area contributed by atoms with Crippen LogP contribution in [0, 0.1) is 11.3 Å². The fourth-order valence-electron chi connectivity index (χ4n) is 10.2. The number of anilines is 3. The number of carbonyl (C=O) groups is 5. The van der Waals surface area contributed by atoms with E-state index in [4.69, 9.17) is 31.2 Å². The van der Waals surface area contributed by atoms with Crippen molar-refractivity contribution in [3.8, 4) is 29.1 Å². The van der Waals surface area contributed by atoms with Gasteiger partial charge in [-0.25, -0.2) is 13.6 Å². The molecule has 0 aromatic heterocycles. The van der Waals surface area contributed by atoms with Crippen molar-refractivity contribution in [2.24, 2.45) is 0 Å². The van der Waals surface area contributed by atoms with E-state index in [0.29, 0.717) is 133 Å². The second-order valence-corrected chi connectivity index (χ2v) is 20.1. The van der Waals surface area contributed by atoms with Crippen LogP contribution in [0.5, 0.6) is 23.0 Å². The fraction of sp³-hybridized carbons (Fsp3) is 0.375. The van der Waals surface area contributed by atoms with Crippen molar-refractivity contribution in [3.05, 3.63) is 119 Å². The number of amides is 4. The Hall–Kier alpha value is -8.57. The molecular formula is C56H61F2N11O11S. The molecule has 426 valence electrons. The average Bonchev–Trinajstić information content (AvgIpc) is 3.28. The molecule has 0 radical (unpaired) electrons. The van der Waals surface area contributed by atoms with Gasteiger partial charge in [0.2, 0.25) is 17.7 Å². The van der Waals surface area contributed by atoms with Crippen molar-refractivity contribution in [1.82, 2.24) is 36.4 Å². The third kappa shape index (κ3) is 13.4. The van der Waals surface area contributed by atoms with Gasteiger partial charge in [0.25, 0.3) is 11.8 Å². The van der Waals surface area contributed by atoms with Crippen LogP contribution in [-0.4, -0.2) is 145 Å². The number of nitrogens with zero attached hydrogens (tertiary/aromatic N) is 4. The molecule has 1 spiro atoms. The van der Waals surface area contributed by atoms with Gasteiger partial charge in [0, 0.05) is 110 Å². The number of para-hydroxylation sites is 1. The SMILES string of the molecule is CN1NN(CCCCC(=O)NCCOCCOCCNC(=S)Nc2ccc3c(c2)C(=O)OC32c3ccc(O)cc3Oc3cc(O)ccc32)C=C1CCCC(=O)Nc1cccc2c1NCC=C2C(=O)NCC(=O)N1CC(F)(F)CC1C#N. The summed E-state index contributed by atoms with van der Waals surface area (Å²) in [6, 6.07) is 19.9. The van der Waals surface area contributed by atoms with Crippen molar-refractivity contribution in [2.45, 2.75) is 62.5 Å². The number of fused-ring (bicyclic) bond motifs is 7. The zero-order valence-electron chi connectivity index (χ0n) is 44.2. The Balaban J connectivity index is 0.599. The van der Waals surface area contributed by atoms with Crippen LogP contribution < -0.4 is 42.2 Å². The number of ether oxygens (including phenoxy) is 4. The van der Waals surface area contributed by atoms with Crippen molar-refractivity contribution < 1.29 is 61.9 Å². The van der Waals surface area contributed by atoms with Crippen molar-refractivity contribution >= 4 is 69.6 Å². The minimum Gasteiger partial charge on any atom is -0.508 e. The summed E-state index contributed by atoms with van der Waals surface area (Å²) in [5, 5.41) is 51.4. The van der Waals surface area contributed by atoms with E-state index in [2.05, 4.69) is 37.4 Å². The van der Waals surface area contributed by atoms with Crippen molar-refractivity contribution in [3.63, 3.8) is 0 Å². The van der Waals surface area contributed by atoms with E-state index in [0.717, 1.165) is 17.0 Å². The highest BCUT2D eigenvalue weighted by molar-refractivity contribution is 7.80. The van der Waals surface area contributed by atoms with E-state index in [1.165, 1.54) is 24.3 Å². The molecule has 1 atom stereocenters. The molecule has 5 heterocycles. The Morgan fingerprint density at radius 1 is 0.852 bits per heavy atom. The predicted octanol–water partition coefficient (Wildman–Crippen LogP) is 5.27. The zero-order valence-corrected chi connectivity index (χ0v) is 45.0. The number of alkyl halides is 2. The number of aromatic hydroxyl groups is 2. The third-order valence-electron chi connectivity index (χ3n) is 14.0. The molecule has 0 bridgehead atoms. The number of hydrogen-bond donors (Lipinski definition) is 9. The van der Waals surface area contributed by atoms with Crippen LogP contribution in [0.1, 0.15) is 77.6 Å². The number of esters is 1. The Morgan fingerprint density at radius 3 is 2.28 bits per heavy atom. The molecule has 0 aliphatic carbocycles. The molecule has 5 aliphatic rings. The van der Waals surface area contributed by atoms with Crippen LogP contribution in [0.25, 0.3) is 5.57 Å². The Labute approximate surface area is 470 Å². The number of hydrogen-bond acceptors (Lipinski definition) is 17. The van der Waals surface area contributed by atoms with Gasteiger partial charge in [-0.1, -0.05) is 24.3 Å². The number of unbranched alkanes of at least 4 members (excludes halogenated alkanes) is 1. The molecule has 22 nitrogen and oxygen atoms in total. The highest BCUT2D eigenvalue weighted by atomic mass is 32.1. The van der Waals surface area contributed by atoms with Gasteiger partial charge in [-0.2, -0.15) is 5.26 Å². The van der Waals surface area contributed by atoms with E-state index in [1.807, 2.05) is 23.3 Å². The summed E-state index contributed by atoms with van der Waals surface area (Å²) in [6.07, 6.45) is 6.05. The summed E-state index contributed by atoms with van der Waals surface area (Å²) in [7, 11) is 1.89. The first-order chi connectivity index (χ1) is 39.0. The van der Waals surface area contributed by atoms with Crippen LogP contribution in [0.4, 0.5) is 25.8 Å². The van der Waals surface area contributed by atoms with Gasteiger partial charge in [-0.15, -0.1) is 5.53 Å². The van der Waals surface area contributed by atoms with Crippen molar-refractivity contribution in [2.75, 3.05) is 88.7 Å². The number of carbonyl (C=O) groups excluding carboxylic acids is 5. The first kappa shape index (κ1) is 57.1. The molecule has 9 rings (SSSR count). The predicted molar refractivity (Wildman–Crippen MR) is 296 cm³/mol. The number of phenols is 2. The van der Waals surface area contributed by atoms with E-state index >= 15 is 0 Å². The standard InChI is InChI=1S/C56H61F2N11O11S/c1-67-35(6-4-10-49(73)65-45-8-5-7-39-40(17-18-61-51(39)45)52(75)63-31-50(74)69-33-55(57,58)29-36(69)30-59)32-68(66-67)21-3-2-9-48(72)60-19-22-77-24-25-78-23-20-62-54(81)64-34-11-14-42-41(26-34)53(76)80-56(42)43-15-12-37(70)27-46(43)79-47-28-38(71)13-16-44(47)56/h5,7-8,11-17,26-28,32,36,61,66,70-71H,2-4,6,9-10,18-25,29,31,33H2,1H3,(H,60,72)(H,63,75)(H,65,73)(H2,62,64,81). The lowest BCUT2D eigenvalue weighted by molar-refractivity contribution is -0.133. The summed E-state index contributed by atoms with van der Waals surface area (Å²) in [6.45, 7) is 1.60. The van der Waals surface area contributed by atoms with Crippen LogP contribution >= 0.6 is 12.2 Å². The minimum absolute atomic E-state index is 0.0312. The smallest absolute Gasteiger partial charge is 0.340 e. The average molecular weight is 1130 g/mol. The van der Waals surface area contributed by atoms with Gasteiger partial charge in [0.15, 0.2) is 10.7 Å². The highest BCUT2D eigenvalue weighted by Gasteiger charge is 2.54. The maximum Gasteiger partial charge on any atom is 0.340 e. The molecule has 0 saturated carbocycles. The lowest BCUT2D eigenvalue weighted by Crippen LogP contribution is -2.43. The van der Waals surface area contributed by atoms with E-state index in [-0.39, 0.29) is 41.9 Å². The monoisotopic (exact) mass is 1130 g/mol. The number of hydrazine groups is 2. The number of allylic oxidation sites excluding steroid dienone is 1. The van der Waals surface area contributed by atoms with E-state index in [1.54, 1.807) is 60.7 Å². The molecule has 1 saturated heterocycles. The summed E-state index contributed by atoms with van der Waals surface area (Å²) < 4.78 is 51.1. The Morgan fingerprint density at radius 2 is 1.56 bits per heavy atom. The molecule has 1 fully saturated rings. The first-order valence-corrected chi connectivity index (χ1v) is 26.8. The normalized spacial score (nSPS) is 16.7. The summed E-state index contributed by atoms with van der Waals surface area (Å²) >= 11 is 5.49. The lowest BCUT2D eigenvalue weighted by Gasteiger charge is -2.36. The quantitative estimate of drug-likeness (QED) is 0.0260. The number of phenolic OH excluding ortho intramolecular Hbond substituents is 2. The second-order valence-electron chi connectivity index (χ2n) is 19.7. The molecule has 25 heteroatoms. The van der Waals surface area contributed by atoms with Crippen LogP contribution in [-0.2, 0) is 39.0 Å². The first-order valence-electron chi connectivity index (χ1n) is 26.4. The number of rotatable bonds is 23. The third-order valence-corrected chi connectivity index (χ3v) is 14.3. The minimum atomic E-state index is -3.17. The molecular weight excluding hydrogens is 1070 g/mol. The maximum atomic E-state index is 13.9. The number of nitrogens with one attached hydrogen (secondary N) is 7. The number of nitriles is 1. The topological polar surface area (TPSA) is 280 Å². The number of benzene rings is 4. The second kappa shape index (κ2) is 25.3. The van der Waals surface area contributed by atoms with Gasteiger partial charge < -0.3 is 66.0 Å². The lowest BCUT2D eigenvalue weighted by atomic mass is 9.77. The molecule has 9 N–H and O–H groups in total. The summed E-state index contributed by atoms with van der Waals surface area (Å²) in [4.78, 5) is 65.6.